The molecule has 0 saturated carbocycles. The molecule has 8 nitrogen and oxygen atoms in total. The Morgan fingerprint density at radius 1 is 1.13 bits per heavy atom. The summed E-state index contributed by atoms with van der Waals surface area (Å²) in [5, 5.41) is 4.39. The summed E-state index contributed by atoms with van der Waals surface area (Å²) in [5.41, 5.74) is 0.796. The molecular weight excluding hydrogens is 384 g/mol. The van der Waals surface area contributed by atoms with Crippen molar-refractivity contribution < 1.29 is 19.0 Å². The number of likely N-dealkylation sites (tertiary alicyclic amines) is 1. The van der Waals surface area contributed by atoms with Gasteiger partial charge in [0.2, 0.25) is 11.8 Å². The Labute approximate surface area is 174 Å². The molecule has 0 N–H and O–H groups in total. The predicted molar refractivity (Wildman–Crippen MR) is 109 cm³/mol. The summed E-state index contributed by atoms with van der Waals surface area (Å²) in [6.07, 6.45) is 5.45. The average Bonchev–Trinajstić information content (AvgIpc) is 3.26. The largest absolute Gasteiger partial charge is 0.486 e. The molecule has 1 atom stereocenters. The van der Waals surface area contributed by atoms with Gasteiger partial charge in [-0.1, -0.05) is 12.1 Å². The molecule has 0 bridgehead atoms. The lowest BCUT2D eigenvalue weighted by Crippen LogP contribution is -2.43. The second kappa shape index (κ2) is 8.22. The smallest absolute Gasteiger partial charge is 0.231 e. The number of imidazole rings is 1. The number of carbonyl (C=O) groups excluding carboxylic acids is 1. The quantitative estimate of drug-likeness (QED) is 0.646. The molecule has 8 heteroatoms. The summed E-state index contributed by atoms with van der Waals surface area (Å²) in [6, 6.07) is 11.3. The minimum Gasteiger partial charge on any atom is -0.486 e. The van der Waals surface area contributed by atoms with Gasteiger partial charge in [-0.3, -0.25) is 4.79 Å². The van der Waals surface area contributed by atoms with Crippen LogP contribution in [0.4, 0.5) is 0 Å². The SMILES string of the molecule is O=C(CC1COc2ccccc2O1)N1CCC(COc2ccc3nccn3n2)CC1. The number of ether oxygens (including phenoxy) is 3. The number of carbonyl (C=O) groups is 1. The van der Waals surface area contributed by atoms with Crippen molar-refractivity contribution in [2.45, 2.75) is 25.4 Å². The van der Waals surface area contributed by atoms with Gasteiger partial charge in [-0.25, -0.2) is 9.50 Å². The highest BCUT2D eigenvalue weighted by Crippen LogP contribution is 2.32. The summed E-state index contributed by atoms with van der Waals surface area (Å²) >= 11 is 0. The lowest BCUT2D eigenvalue weighted by Gasteiger charge is -2.33. The number of para-hydroxylation sites is 2. The van der Waals surface area contributed by atoms with Crippen LogP contribution in [0.2, 0.25) is 0 Å². The van der Waals surface area contributed by atoms with Gasteiger partial charge in [-0.2, -0.15) is 0 Å². The third-order valence-electron chi connectivity index (χ3n) is 5.63. The maximum absolute atomic E-state index is 12.7. The van der Waals surface area contributed by atoms with Gasteiger partial charge >= 0.3 is 0 Å². The van der Waals surface area contributed by atoms with Crippen molar-refractivity contribution in [3.8, 4) is 17.4 Å². The van der Waals surface area contributed by atoms with Crippen molar-refractivity contribution in [2.24, 2.45) is 5.92 Å². The minimum atomic E-state index is -0.238. The van der Waals surface area contributed by atoms with Gasteiger partial charge in [0, 0.05) is 31.5 Å². The van der Waals surface area contributed by atoms with E-state index in [0.29, 0.717) is 37.2 Å². The van der Waals surface area contributed by atoms with Gasteiger partial charge in [-0.15, -0.1) is 5.10 Å². The topological polar surface area (TPSA) is 78.2 Å². The van der Waals surface area contributed by atoms with Crippen LogP contribution in [0.25, 0.3) is 5.65 Å². The number of hydrogen-bond donors (Lipinski definition) is 0. The van der Waals surface area contributed by atoms with E-state index in [-0.39, 0.29) is 12.0 Å². The molecule has 3 aromatic rings. The normalized spacial score (nSPS) is 19.1. The highest BCUT2D eigenvalue weighted by molar-refractivity contribution is 5.77. The number of nitrogens with zero attached hydrogens (tertiary/aromatic N) is 4. The van der Waals surface area contributed by atoms with Crippen LogP contribution in [0, 0.1) is 5.92 Å². The number of fused-ring (bicyclic) bond motifs is 2. The molecule has 2 aromatic heterocycles. The van der Waals surface area contributed by atoms with E-state index in [1.165, 1.54) is 0 Å². The number of amides is 1. The monoisotopic (exact) mass is 408 g/mol. The van der Waals surface area contributed by atoms with E-state index < -0.39 is 0 Å². The summed E-state index contributed by atoms with van der Waals surface area (Å²) in [6.45, 7) is 2.49. The van der Waals surface area contributed by atoms with Gasteiger partial charge in [-0.05, 0) is 37.0 Å². The second-order valence-corrected chi connectivity index (χ2v) is 7.74. The first kappa shape index (κ1) is 18.7. The van der Waals surface area contributed by atoms with Gasteiger partial charge in [0.15, 0.2) is 17.1 Å². The lowest BCUT2D eigenvalue weighted by molar-refractivity contribution is -0.135. The van der Waals surface area contributed by atoms with E-state index in [9.17, 15) is 4.79 Å². The van der Waals surface area contributed by atoms with Gasteiger partial charge < -0.3 is 19.1 Å². The van der Waals surface area contributed by atoms with E-state index in [1.54, 1.807) is 16.9 Å². The molecule has 1 fully saturated rings. The van der Waals surface area contributed by atoms with Crippen molar-refractivity contribution in [3.05, 3.63) is 48.8 Å². The predicted octanol–water partition coefficient (Wildman–Crippen LogP) is 2.58. The fourth-order valence-corrected chi connectivity index (χ4v) is 3.91. The van der Waals surface area contributed by atoms with Crippen molar-refractivity contribution >= 4 is 11.6 Å². The minimum absolute atomic E-state index is 0.120. The first-order valence-corrected chi connectivity index (χ1v) is 10.3. The van der Waals surface area contributed by atoms with E-state index in [0.717, 1.165) is 37.3 Å². The Kier molecular flexibility index (Phi) is 5.13. The zero-order valence-corrected chi connectivity index (χ0v) is 16.6. The summed E-state index contributed by atoms with van der Waals surface area (Å²) < 4.78 is 19.2. The maximum atomic E-state index is 12.7. The number of rotatable bonds is 5. The molecule has 2 aliphatic heterocycles. The maximum Gasteiger partial charge on any atom is 0.231 e. The lowest BCUT2D eigenvalue weighted by atomic mass is 9.97. The Morgan fingerprint density at radius 2 is 1.97 bits per heavy atom. The standard InChI is InChI=1S/C22H24N4O4/c27-22(13-17-15-28-18-3-1-2-4-19(18)30-17)25-10-7-16(8-11-25)14-29-21-6-5-20-23-9-12-26(20)24-21/h1-6,9,12,16-17H,7-8,10-11,13-15H2. The van der Waals surface area contributed by atoms with Crippen molar-refractivity contribution in [1.82, 2.24) is 19.5 Å². The third-order valence-corrected chi connectivity index (χ3v) is 5.63. The zero-order chi connectivity index (χ0) is 20.3. The molecule has 0 aliphatic carbocycles. The molecule has 5 rings (SSSR count). The van der Waals surface area contributed by atoms with Crippen LogP contribution in [0.3, 0.4) is 0 Å². The molecule has 1 amide bonds. The van der Waals surface area contributed by atoms with E-state index in [1.807, 2.05) is 41.3 Å². The van der Waals surface area contributed by atoms with Crippen LogP contribution in [-0.2, 0) is 4.79 Å². The molecule has 2 aliphatic rings. The molecule has 4 heterocycles. The first-order chi connectivity index (χ1) is 14.7. The summed E-state index contributed by atoms with van der Waals surface area (Å²) in [4.78, 5) is 18.8. The van der Waals surface area contributed by atoms with E-state index in [4.69, 9.17) is 14.2 Å². The summed E-state index contributed by atoms with van der Waals surface area (Å²) in [7, 11) is 0. The fourth-order valence-electron chi connectivity index (χ4n) is 3.91. The zero-order valence-electron chi connectivity index (χ0n) is 16.6. The number of piperidine rings is 1. The molecule has 0 radical (unpaired) electrons. The van der Waals surface area contributed by atoms with Crippen molar-refractivity contribution in [1.29, 1.82) is 0 Å². The van der Waals surface area contributed by atoms with Gasteiger partial charge in [0.1, 0.15) is 12.7 Å². The van der Waals surface area contributed by atoms with E-state index in [2.05, 4.69) is 10.1 Å². The molecule has 30 heavy (non-hydrogen) atoms. The van der Waals surface area contributed by atoms with Crippen LogP contribution in [0.5, 0.6) is 17.4 Å². The van der Waals surface area contributed by atoms with Crippen LogP contribution in [-0.4, -0.2) is 57.8 Å². The molecule has 1 saturated heterocycles. The highest BCUT2D eigenvalue weighted by Gasteiger charge is 2.28. The molecule has 1 unspecified atom stereocenters. The Balaban J connectivity index is 1.08. The fraction of sp³-hybridized carbons (Fsp3) is 0.409. The van der Waals surface area contributed by atoms with Gasteiger partial charge in [0.25, 0.3) is 0 Å². The number of benzene rings is 1. The molecular formula is C22H24N4O4. The molecule has 156 valence electrons. The Hall–Kier alpha value is -3.29. The molecule has 0 spiro atoms. The van der Waals surface area contributed by atoms with Crippen LogP contribution < -0.4 is 14.2 Å². The molecule has 1 aromatic carbocycles. The highest BCUT2D eigenvalue weighted by atomic mass is 16.6. The van der Waals surface area contributed by atoms with Gasteiger partial charge in [0.05, 0.1) is 13.0 Å². The average molecular weight is 408 g/mol. The second-order valence-electron chi connectivity index (χ2n) is 7.74. The Bertz CT molecular complexity index is 1030. The number of hydrogen-bond acceptors (Lipinski definition) is 6. The van der Waals surface area contributed by atoms with Crippen LogP contribution in [0.15, 0.2) is 48.8 Å². The van der Waals surface area contributed by atoms with Crippen molar-refractivity contribution in [3.63, 3.8) is 0 Å². The summed E-state index contributed by atoms with van der Waals surface area (Å²) in [5.74, 6) is 2.57. The Morgan fingerprint density at radius 3 is 2.83 bits per heavy atom. The third kappa shape index (κ3) is 4.03. The number of aromatic nitrogens is 3. The van der Waals surface area contributed by atoms with Crippen molar-refractivity contribution in [2.75, 3.05) is 26.3 Å². The van der Waals surface area contributed by atoms with Crippen LogP contribution >= 0.6 is 0 Å². The van der Waals surface area contributed by atoms with Crippen LogP contribution in [0.1, 0.15) is 19.3 Å². The van der Waals surface area contributed by atoms with E-state index >= 15 is 0 Å². The first-order valence-electron chi connectivity index (χ1n) is 10.3.